The predicted octanol–water partition coefficient (Wildman–Crippen LogP) is 3.85. The molecular weight excluding hydrogens is 258 g/mol. The Hall–Kier alpha value is -1.61. The summed E-state index contributed by atoms with van der Waals surface area (Å²) in [6.45, 7) is 3.78. The van der Waals surface area contributed by atoms with Crippen LogP contribution in [0.2, 0.25) is 0 Å². The number of anilines is 1. The summed E-state index contributed by atoms with van der Waals surface area (Å²) >= 11 is 0. The third-order valence-corrected chi connectivity index (χ3v) is 4.63. The van der Waals surface area contributed by atoms with Gasteiger partial charge in [0.25, 0.3) is 0 Å². The van der Waals surface area contributed by atoms with Crippen LogP contribution in [0.1, 0.15) is 44.6 Å². The number of benzene rings is 1. The molecule has 0 unspecified atom stereocenters. The van der Waals surface area contributed by atoms with E-state index in [4.69, 9.17) is 10.7 Å². The molecule has 21 heavy (non-hydrogen) atoms. The Balaban J connectivity index is 2.03. The zero-order valence-corrected chi connectivity index (χ0v) is 12.9. The van der Waals surface area contributed by atoms with Crippen LogP contribution in [0.5, 0.6) is 0 Å². The Labute approximate surface area is 127 Å². The smallest absolute Gasteiger partial charge is 0.134 e. The van der Waals surface area contributed by atoms with E-state index in [1.165, 1.54) is 43.1 Å². The molecule has 1 heterocycles. The fourth-order valence-electron chi connectivity index (χ4n) is 3.52. The largest absolute Gasteiger partial charge is 0.354 e. The van der Waals surface area contributed by atoms with Gasteiger partial charge in [-0.2, -0.15) is 0 Å². The fourth-order valence-corrected chi connectivity index (χ4v) is 3.52. The van der Waals surface area contributed by atoms with Gasteiger partial charge < -0.3 is 10.6 Å². The van der Waals surface area contributed by atoms with Crippen LogP contribution in [0.4, 0.5) is 5.82 Å². The predicted molar refractivity (Wildman–Crippen MR) is 89.5 cm³/mol. The number of para-hydroxylation sites is 1. The summed E-state index contributed by atoms with van der Waals surface area (Å²) in [5.41, 5.74) is 8.23. The summed E-state index contributed by atoms with van der Waals surface area (Å²) in [6, 6.07) is 11.2. The minimum Gasteiger partial charge on any atom is -0.354 e. The van der Waals surface area contributed by atoms with Crippen LogP contribution in [0, 0.1) is 0 Å². The minimum atomic E-state index is 0.552. The van der Waals surface area contributed by atoms with Gasteiger partial charge >= 0.3 is 0 Å². The van der Waals surface area contributed by atoms with Crippen molar-refractivity contribution in [3.8, 4) is 0 Å². The highest BCUT2D eigenvalue weighted by atomic mass is 15.2. The lowest BCUT2D eigenvalue weighted by Crippen LogP contribution is -2.38. The van der Waals surface area contributed by atoms with Crippen LogP contribution < -0.4 is 10.6 Å². The average Bonchev–Trinajstić information content (AvgIpc) is 2.56. The number of rotatable bonds is 4. The first-order valence-corrected chi connectivity index (χ1v) is 8.19. The van der Waals surface area contributed by atoms with Crippen molar-refractivity contribution in [2.24, 2.45) is 5.73 Å². The number of nitrogens with two attached hydrogens (primary N) is 1. The Bertz CT molecular complexity index is 602. The van der Waals surface area contributed by atoms with E-state index in [2.05, 4.69) is 42.2 Å². The van der Waals surface area contributed by atoms with Crippen molar-refractivity contribution in [2.45, 2.75) is 51.6 Å². The summed E-state index contributed by atoms with van der Waals surface area (Å²) in [4.78, 5) is 7.42. The van der Waals surface area contributed by atoms with Crippen LogP contribution in [0.3, 0.4) is 0 Å². The van der Waals surface area contributed by atoms with Crippen molar-refractivity contribution in [2.75, 3.05) is 11.4 Å². The highest BCUT2D eigenvalue weighted by molar-refractivity contribution is 5.81. The zero-order valence-electron chi connectivity index (χ0n) is 12.9. The highest BCUT2D eigenvalue weighted by Crippen LogP contribution is 2.30. The van der Waals surface area contributed by atoms with Gasteiger partial charge in [0.1, 0.15) is 5.82 Å². The molecule has 3 heteroatoms. The Morgan fingerprint density at radius 1 is 1.19 bits per heavy atom. The van der Waals surface area contributed by atoms with Gasteiger partial charge in [-0.05, 0) is 31.9 Å². The molecule has 3 nitrogen and oxygen atoms in total. The lowest BCUT2D eigenvalue weighted by molar-refractivity contribution is 0.416. The SMILES string of the molecule is CCN(c1nc2ccccc2cc1CN)C1CCCCC1. The van der Waals surface area contributed by atoms with E-state index < -0.39 is 0 Å². The molecule has 1 aliphatic carbocycles. The number of hydrogen-bond acceptors (Lipinski definition) is 3. The topological polar surface area (TPSA) is 42.2 Å². The standard InChI is InChI=1S/C18H25N3/c1-2-21(16-9-4-3-5-10-16)18-15(13-19)12-14-8-6-7-11-17(14)20-18/h6-8,11-12,16H,2-5,9-10,13,19H2,1H3. The van der Waals surface area contributed by atoms with Crippen molar-refractivity contribution >= 4 is 16.7 Å². The lowest BCUT2D eigenvalue weighted by atomic mass is 9.94. The molecule has 0 bridgehead atoms. The molecule has 1 saturated carbocycles. The Morgan fingerprint density at radius 2 is 1.95 bits per heavy atom. The van der Waals surface area contributed by atoms with Crippen molar-refractivity contribution < 1.29 is 0 Å². The van der Waals surface area contributed by atoms with Crippen LogP contribution >= 0.6 is 0 Å². The van der Waals surface area contributed by atoms with Gasteiger partial charge in [-0.3, -0.25) is 0 Å². The summed E-state index contributed by atoms with van der Waals surface area (Å²) in [6.07, 6.45) is 6.63. The lowest BCUT2D eigenvalue weighted by Gasteiger charge is -2.35. The summed E-state index contributed by atoms with van der Waals surface area (Å²) in [7, 11) is 0. The van der Waals surface area contributed by atoms with Crippen molar-refractivity contribution in [1.82, 2.24) is 4.98 Å². The van der Waals surface area contributed by atoms with Crippen molar-refractivity contribution in [3.63, 3.8) is 0 Å². The molecule has 2 aromatic rings. The van der Waals surface area contributed by atoms with Crippen molar-refractivity contribution in [3.05, 3.63) is 35.9 Å². The van der Waals surface area contributed by atoms with E-state index in [1.54, 1.807) is 0 Å². The maximum atomic E-state index is 6.00. The van der Waals surface area contributed by atoms with E-state index in [0.717, 1.165) is 17.9 Å². The molecule has 0 aliphatic heterocycles. The number of fused-ring (bicyclic) bond motifs is 1. The van der Waals surface area contributed by atoms with E-state index >= 15 is 0 Å². The molecular formula is C18H25N3. The van der Waals surface area contributed by atoms with Crippen LogP contribution in [0.15, 0.2) is 30.3 Å². The first-order chi connectivity index (χ1) is 10.3. The minimum absolute atomic E-state index is 0.552. The fraction of sp³-hybridized carbons (Fsp3) is 0.500. The average molecular weight is 283 g/mol. The zero-order chi connectivity index (χ0) is 14.7. The van der Waals surface area contributed by atoms with E-state index in [9.17, 15) is 0 Å². The highest BCUT2D eigenvalue weighted by Gasteiger charge is 2.23. The van der Waals surface area contributed by atoms with Gasteiger partial charge in [-0.1, -0.05) is 37.5 Å². The normalized spacial score (nSPS) is 16.3. The molecule has 1 aromatic heterocycles. The van der Waals surface area contributed by atoms with Gasteiger partial charge in [0.05, 0.1) is 5.52 Å². The molecule has 112 valence electrons. The molecule has 1 aromatic carbocycles. The molecule has 0 amide bonds. The van der Waals surface area contributed by atoms with Gasteiger partial charge in [0, 0.05) is 30.1 Å². The molecule has 1 aliphatic rings. The summed E-state index contributed by atoms with van der Waals surface area (Å²) in [5.74, 6) is 1.10. The van der Waals surface area contributed by atoms with Crippen molar-refractivity contribution in [1.29, 1.82) is 0 Å². The van der Waals surface area contributed by atoms with E-state index in [0.29, 0.717) is 12.6 Å². The molecule has 0 spiro atoms. The van der Waals surface area contributed by atoms with E-state index in [-0.39, 0.29) is 0 Å². The Morgan fingerprint density at radius 3 is 2.67 bits per heavy atom. The molecule has 2 N–H and O–H groups in total. The quantitative estimate of drug-likeness (QED) is 0.926. The summed E-state index contributed by atoms with van der Waals surface area (Å²) in [5, 5.41) is 1.18. The third kappa shape index (κ3) is 2.88. The van der Waals surface area contributed by atoms with Gasteiger partial charge in [-0.25, -0.2) is 4.98 Å². The Kier molecular flexibility index (Phi) is 4.39. The first kappa shape index (κ1) is 14.3. The number of aromatic nitrogens is 1. The van der Waals surface area contributed by atoms with Crippen LogP contribution in [0.25, 0.3) is 10.9 Å². The van der Waals surface area contributed by atoms with Gasteiger partial charge in [-0.15, -0.1) is 0 Å². The first-order valence-electron chi connectivity index (χ1n) is 8.19. The van der Waals surface area contributed by atoms with Crippen LogP contribution in [-0.2, 0) is 6.54 Å². The maximum absolute atomic E-state index is 6.00. The monoisotopic (exact) mass is 283 g/mol. The molecule has 1 fully saturated rings. The molecule has 3 rings (SSSR count). The summed E-state index contributed by atoms with van der Waals surface area (Å²) < 4.78 is 0. The molecule has 0 saturated heterocycles. The maximum Gasteiger partial charge on any atom is 0.134 e. The number of nitrogens with zero attached hydrogens (tertiary/aromatic N) is 2. The molecule has 0 atom stereocenters. The van der Waals surface area contributed by atoms with E-state index in [1.807, 2.05) is 0 Å². The third-order valence-electron chi connectivity index (χ3n) is 4.63. The van der Waals surface area contributed by atoms with Gasteiger partial charge in [0.15, 0.2) is 0 Å². The number of hydrogen-bond donors (Lipinski definition) is 1. The molecule has 0 radical (unpaired) electrons. The van der Waals surface area contributed by atoms with Crippen LogP contribution in [-0.4, -0.2) is 17.6 Å². The second-order valence-electron chi connectivity index (χ2n) is 5.95. The number of pyridine rings is 1. The van der Waals surface area contributed by atoms with Gasteiger partial charge in [0.2, 0.25) is 0 Å². The second kappa shape index (κ2) is 6.44. The second-order valence-corrected chi connectivity index (χ2v) is 5.95.